The summed E-state index contributed by atoms with van der Waals surface area (Å²) in [5.74, 6) is 0.160. The molecule has 0 saturated carbocycles. The molecule has 1 atom stereocenters. The molecule has 0 aliphatic heterocycles. The van der Waals surface area contributed by atoms with Crippen LogP contribution in [0.25, 0.3) is 0 Å². The van der Waals surface area contributed by atoms with E-state index in [9.17, 15) is 9.90 Å². The molecule has 0 spiro atoms. The van der Waals surface area contributed by atoms with Crippen molar-refractivity contribution in [3.05, 3.63) is 64.7 Å². The second-order valence-corrected chi connectivity index (χ2v) is 4.84. The summed E-state index contributed by atoms with van der Waals surface area (Å²) in [6.45, 7) is 3.79. The molecule has 1 N–H and O–H groups in total. The predicted octanol–water partition coefficient (Wildman–Crippen LogP) is 3.23. The summed E-state index contributed by atoms with van der Waals surface area (Å²) in [4.78, 5) is 12.5. The summed E-state index contributed by atoms with van der Waals surface area (Å²) in [5.41, 5.74) is 2.85. The maximum absolute atomic E-state index is 12.5. The highest BCUT2D eigenvalue weighted by Gasteiger charge is 2.24. The van der Waals surface area contributed by atoms with Crippen LogP contribution in [-0.2, 0) is 0 Å². The molecule has 0 fully saturated rings. The molecule has 0 amide bonds. The van der Waals surface area contributed by atoms with Gasteiger partial charge >= 0.3 is 0 Å². The number of hydrogen-bond donors (Lipinski definition) is 1. The molecule has 20 heavy (non-hydrogen) atoms. The number of ketones is 1. The number of Topliss-reactive ketones (excluding diaryl/α,β-unsaturated/α-hetero) is 1. The molecule has 104 valence electrons. The van der Waals surface area contributed by atoms with Gasteiger partial charge in [0.25, 0.3) is 0 Å². The van der Waals surface area contributed by atoms with E-state index in [-0.39, 0.29) is 5.78 Å². The molecule has 2 aromatic carbocycles. The van der Waals surface area contributed by atoms with Gasteiger partial charge in [0.15, 0.2) is 5.78 Å². The zero-order valence-electron chi connectivity index (χ0n) is 11.9. The van der Waals surface area contributed by atoms with Gasteiger partial charge < -0.3 is 9.84 Å². The van der Waals surface area contributed by atoms with Crippen molar-refractivity contribution < 1.29 is 14.6 Å². The number of hydrogen-bond acceptors (Lipinski definition) is 3. The summed E-state index contributed by atoms with van der Waals surface area (Å²) >= 11 is 0. The van der Waals surface area contributed by atoms with E-state index in [2.05, 4.69) is 0 Å². The summed E-state index contributed by atoms with van der Waals surface area (Å²) in [5, 5.41) is 10.3. The number of aliphatic hydroxyl groups is 1. The summed E-state index contributed by atoms with van der Waals surface area (Å²) in [6.07, 6.45) is -1.17. The monoisotopic (exact) mass is 270 g/mol. The largest absolute Gasteiger partial charge is 0.496 e. The van der Waals surface area contributed by atoms with E-state index in [4.69, 9.17) is 4.74 Å². The van der Waals surface area contributed by atoms with Crippen molar-refractivity contribution >= 4 is 5.78 Å². The lowest BCUT2D eigenvalue weighted by Crippen LogP contribution is -2.15. The van der Waals surface area contributed by atoms with Gasteiger partial charge in [-0.15, -0.1) is 0 Å². The molecule has 0 saturated heterocycles. The fourth-order valence-corrected chi connectivity index (χ4v) is 2.33. The van der Waals surface area contributed by atoms with E-state index in [0.29, 0.717) is 16.9 Å². The van der Waals surface area contributed by atoms with Crippen LogP contribution >= 0.6 is 0 Å². The van der Waals surface area contributed by atoms with Gasteiger partial charge in [0, 0.05) is 0 Å². The molecule has 2 aromatic rings. The highest BCUT2D eigenvalue weighted by molar-refractivity contribution is 6.03. The number of carbonyl (C=O) groups is 1. The van der Waals surface area contributed by atoms with Crippen molar-refractivity contribution in [1.82, 2.24) is 0 Å². The standard InChI is InChI=1S/C17H18O3/c1-11-9-12(2)15(14(10-11)20-3)17(19)16(18)13-7-5-4-6-8-13/h4-10,16,18H,1-3H3. The minimum Gasteiger partial charge on any atom is -0.496 e. The number of ether oxygens (including phenoxy) is 1. The van der Waals surface area contributed by atoms with E-state index in [1.165, 1.54) is 7.11 Å². The van der Waals surface area contributed by atoms with Crippen molar-refractivity contribution in [2.75, 3.05) is 7.11 Å². The summed E-state index contributed by atoms with van der Waals surface area (Å²) < 4.78 is 5.28. The first-order valence-electron chi connectivity index (χ1n) is 6.47. The van der Waals surface area contributed by atoms with Gasteiger partial charge in [0.2, 0.25) is 0 Å². The highest BCUT2D eigenvalue weighted by Crippen LogP contribution is 2.29. The van der Waals surface area contributed by atoms with Gasteiger partial charge in [-0.3, -0.25) is 4.79 Å². The second-order valence-electron chi connectivity index (χ2n) is 4.84. The van der Waals surface area contributed by atoms with Gasteiger partial charge in [-0.1, -0.05) is 36.4 Å². The maximum Gasteiger partial charge on any atom is 0.199 e. The Morgan fingerprint density at radius 1 is 1.15 bits per heavy atom. The molecule has 3 heteroatoms. The minimum atomic E-state index is -1.17. The van der Waals surface area contributed by atoms with Crippen LogP contribution in [0.5, 0.6) is 5.75 Å². The third kappa shape index (κ3) is 2.73. The Kier molecular flexibility index (Phi) is 4.20. The first-order valence-corrected chi connectivity index (χ1v) is 6.47. The normalized spacial score (nSPS) is 12.0. The smallest absolute Gasteiger partial charge is 0.199 e. The SMILES string of the molecule is COc1cc(C)cc(C)c1C(=O)C(O)c1ccccc1. The van der Waals surface area contributed by atoms with Gasteiger partial charge in [-0.2, -0.15) is 0 Å². The quantitative estimate of drug-likeness (QED) is 0.868. The lowest BCUT2D eigenvalue weighted by atomic mass is 9.94. The Balaban J connectivity index is 2.44. The number of aryl methyl sites for hydroxylation is 2. The van der Waals surface area contributed by atoms with Gasteiger partial charge in [0.1, 0.15) is 11.9 Å². The lowest BCUT2D eigenvalue weighted by Gasteiger charge is -2.15. The summed E-state index contributed by atoms with van der Waals surface area (Å²) in [6, 6.07) is 12.6. The van der Waals surface area contributed by atoms with Crippen LogP contribution in [0.15, 0.2) is 42.5 Å². The van der Waals surface area contributed by atoms with Crippen molar-refractivity contribution in [3.63, 3.8) is 0 Å². The van der Waals surface area contributed by atoms with E-state index >= 15 is 0 Å². The van der Waals surface area contributed by atoms with Crippen LogP contribution in [0.1, 0.15) is 33.2 Å². The Bertz CT molecular complexity index is 618. The van der Waals surface area contributed by atoms with Crippen molar-refractivity contribution in [3.8, 4) is 5.75 Å². The third-order valence-electron chi connectivity index (χ3n) is 3.27. The third-order valence-corrected chi connectivity index (χ3v) is 3.27. The average Bonchev–Trinajstić information content (AvgIpc) is 2.46. The lowest BCUT2D eigenvalue weighted by molar-refractivity contribution is 0.0743. The van der Waals surface area contributed by atoms with Gasteiger partial charge in [-0.25, -0.2) is 0 Å². The topological polar surface area (TPSA) is 46.5 Å². The molecule has 2 rings (SSSR count). The number of rotatable bonds is 4. The Morgan fingerprint density at radius 2 is 1.80 bits per heavy atom. The molecule has 0 heterocycles. The average molecular weight is 270 g/mol. The van der Waals surface area contributed by atoms with E-state index < -0.39 is 6.10 Å². The Hall–Kier alpha value is -2.13. The highest BCUT2D eigenvalue weighted by atomic mass is 16.5. The van der Waals surface area contributed by atoms with Crippen molar-refractivity contribution in [1.29, 1.82) is 0 Å². The van der Waals surface area contributed by atoms with Crippen LogP contribution in [0.4, 0.5) is 0 Å². The van der Waals surface area contributed by atoms with Gasteiger partial charge in [0.05, 0.1) is 12.7 Å². The second kappa shape index (κ2) is 5.88. The first kappa shape index (κ1) is 14.3. The molecule has 0 radical (unpaired) electrons. The molecular weight excluding hydrogens is 252 g/mol. The predicted molar refractivity (Wildman–Crippen MR) is 78.2 cm³/mol. The molecule has 0 aliphatic rings. The zero-order valence-corrected chi connectivity index (χ0v) is 11.9. The number of methoxy groups -OCH3 is 1. The summed E-state index contributed by atoms with van der Waals surface area (Å²) in [7, 11) is 1.53. The fourth-order valence-electron chi connectivity index (χ4n) is 2.33. The molecule has 0 bridgehead atoms. The van der Waals surface area contributed by atoms with Gasteiger partial charge in [-0.05, 0) is 36.6 Å². The van der Waals surface area contributed by atoms with Crippen LogP contribution in [-0.4, -0.2) is 18.0 Å². The number of benzene rings is 2. The van der Waals surface area contributed by atoms with E-state index in [0.717, 1.165) is 11.1 Å². The Morgan fingerprint density at radius 3 is 2.40 bits per heavy atom. The number of aliphatic hydroxyl groups excluding tert-OH is 1. The van der Waals surface area contributed by atoms with Crippen molar-refractivity contribution in [2.45, 2.75) is 20.0 Å². The zero-order chi connectivity index (χ0) is 14.7. The van der Waals surface area contributed by atoms with Crippen LogP contribution in [0, 0.1) is 13.8 Å². The van der Waals surface area contributed by atoms with Crippen LogP contribution in [0.3, 0.4) is 0 Å². The maximum atomic E-state index is 12.5. The molecule has 3 nitrogen and oxygen atoms in total. The molecular formula is C17H18O3. The molecule has 0 aliphatic carbocycles. The van der Waals surface area contributed by atoms with Crippen LogP contribution < -0.4 is 4.74 Å². The first-order chi connectivity index (χ1) is 9.54. The van der Waals surface area contributed by atoms with Crippen molar-refractivity contribution in [2.24, 2.45) is 0 Å². The van der Waals surface area contributed by atoms with E-state index in [1.807, 2.05) is 26.0 Å². The number of carbonyl (C=O) groups excluding carboxylic acids is 1. The van der Waals surface area contributed by atoms with E-state index in [1.54, 1.807) is 30.3 Å². The molecule has 0 aromatic heterocycles. The fraction of sp³-hybridized carbons (Fsp3) is 0.235. The Labute approximate surface area is 118 Å². The minimum absolute atomic E-state index is 0.342. The molecule has 1 unspecified atom stereocenters. The van der Waals surface area contributed by atoms with Crippen LogP contribution in [0.2, 0.25) is 0 Å².